The van der Waals surface area contributed by atoms with Gasteiger partial charge in [-0.2, -0.15) is 22.8 Å². The van der Waals surface area contributed by atoms with Gasteiger partial charge in [-0.25, -0.2) is 9.18 Å². The Kier molecular flexibility index (Phi) is 5.92. The molecule has 0 aromatic carbocycles. The highest BCUT2D eigenvalue weighted by molar-refractivity contribution is 6.59. The van der Waals surface area contributed by atoms with Crippen LogP contribution in [0, 0.1) is 5.82 Å². The average Bonchev–Trinajstić information content (AvgIpc) is 2.90. The molecule has 0 amide bonds. The van der Waals surface area contributed by atoms with Gasteiger partial charge in [0.1, 0.15) is 6.61 Å². The normalized spacial score (nSPS) is 12.9. The summed E-state index contributed by atoms with van der Waals surface area (Å²) in [4.78, 5) is 15.8. The molecule has 0 fully saturated rings. The zero-order chi connectivity index (χ0) is 20.5. The zero-order valence-corrected chi connectivity index (χ0v) is 14.1. The van der Waals surface area contributed by atoms with E-state index in [1.54, 1.807) is 6.92 Å². The minimum Gasteiger partial charge on any atom is -0.465 e. The molecule has 2 heterocycles. The molecular formula is C13H15BF4N4O5. The Labute approximate surface area is 149 Å². The number of ether oxygens (including phenoxy) is 1. The molecule has 0 aliphatic carbocycles. The molecule has 0 saturated carbocycles. The molecule has 1 atom stereocenters. The molecule has 9 nitrogen and oxygen atoms in total. The van der Waals surface area contributed by atoms with Crippen LogP contribution >= 0.6 is 0 Å². The van der Waals surface area contributed by atoms with Gasteiger partial charge in [-0.1, -0.05) is 0 Å². The summed E-state index contributed by atoms with van der Waals surface area (Å²) in [6, 6.07) is 0.474. The molecule has 27 heavy (non-hydrogen) atoms. The van der Waals surface area contributed by atoms with Gasteiger partial charge in [0.05, 0.1) is 0 Å². The van der Waals surface area contributed by atoms with Crippen LogP contribution < -0.4 is 15.9 Å². The van der Waals surface area contributed by atoms with Crippen molar-refractivity contribution >= 4 is 12.6 Å². The van der Waals surface area contributed by atoms with Gasteiger partial charge in [0.15, 0.2) is 23.6 Å². The second-order valence-electron chi connectivity index (χ2n) is 5.38. The van der Waals surface area contributed by atoms with Gasteiger partial charge >= 0.3 is 19.0 Å². The van der Waals surface area contributed by atoms with Gasteiger partial charge in [0.25, 0.3) is 0 Å². The molecular weight excluding hydrogens is 379 g/mol. The van der Waals surface area contributed by atoms with Gasteiger partial charge in [-0.3, -0.25) is 4.57 Å². The Morgan fingerprint density at radius 2 is 2.00 bits per heavy atom. The number of nitrogens with zero attached hydrogens (tertiary/aromatic N) is 4. The van der Waals surface area contributed by atoms with Crippen molar-refractivity contribution in [2.75, 3.05) is 0 Å². The summed E-state index contributed by atoms with van der Waals surface area (Å²) in [5.74, 6) is -3.15. The van der Waals surface area contributed by atoms with Crippen molar-refractivity contribution in [1.82, 2.24) is 19.3 Å². The Morgan fingerprint density at radius 3 is 2.44 bits per heavy atom. The first kappa shape index (κ1) is 20.9. The maximum absolute atomic E-state index is 14.3. The van der Waals surface area contributed by atoms with E-state index in [-0.39, 0.29) is 12.4 Å². The van der Waals surface area contributed by atoms with Crippen LogP contribution in [0.25, 0.3) is 5.82 Å². The van der Waals surface area contributed by atoms with E-state index < -0.39 is 54.7 Å². The maximum Gasteiger partial charge on any atom is 0.494 e. The molecule has 2 rings (SSSR count). The minimum atomic E-state index is -4.81. The van der Waals surface area contributed by atoms with Crippen molar-refractivity contribution in [3.8, 4) is 11.7 Å². The van der Waals surface area contributed by atoms with Crippen LogP contribution in [-0.2, 0) is 13.2 Å². The number of aliphatic hydroxyl groups is 1. The third-order valence-corrected chi connectivity index (χ3v) is 3.58. The summed E-state index contributed by atoms with van der Waals surface area (Å²) in [7, 11) is -2.38. The summed E-state index contributed by atoms with van der Waals surface area (Å²) in [5, 5.41) is 31.4. The summed E-state index contributed by atoms with van der Waals surface area (Å²) >= 11 is 0. The predicted molar refractivity (Wildman–Crippen MR) is 83.1 cm³/mol. The molecule has 0 aliphatic rings. The predicted octanol–water partition coefficient (Wildman–Crippen LogP) is -0.910. The molecule has 3 N–H and O–H groups in total. The lowest BCUT2D eigenvalue weighted by molar-refractivity contribution is -0.189. The van der Waals surface area contributed by atoms with Crippen LogP contribution in [0.3, 0.4) is 0 Å². The number of hydrogen-bond acceptors (Lipinski definition) is 7. The van der Waals surface area contributed by atoms with E-state index in [2.05, 4.69) is 14.8 Å². The Balaban J connectivity index is 2.64. The smallest absolute Gasteiger partial charge is 0.465 e. The maximum atomic E-state index is 14.3. The van der Waals surface area contributed by atoms with Crippen LogP contribution in [0.5, 0.6) is 5.88 Å². The fourth-order valence-electron chi connectivity index (χ4n) is 2.15. The topological polar surface area (TPSA) is 123 Å². The number of aromatic nitrogens is 4. The van der Waals surface area contributed by atoms with Crippen LogP contribution in [0.2, 0.25) is 0 Å². The van der Waals surface area contributed by atoms with Crippen molar-refractivity contribution in [3.05, 3.63) is 28.2 Å². The molecule has 148 valence electrons. The van der Waals surface area contributed by atoms with Crippen molar-refractivity contribution in [2.45, 2.75) is 39.3 Å². The van der Waals surface area contributed by atoms with Crippen LogP contribution in [-0.4, -0.2) is 53.9 Å². The SMILES string of the molecule is CCn1c(CO)nn(-c2nc(O[C@@H](C)C(F)(F)F)c(B(O)O)cc2F)c1=O. The van der Waals surface area contributed by atoms with Gasteiger partial charge in [-0.15, -0.1) is 5.10 Å². The highest BCUT2D eigenvalue weighted by atomic mass is 19.4. The fourth-order valence-corrected chi connectivity index (χ4v) is 2.15. The molecule has 0 bridgehead atoms. The van der Waals surface area contributed by atoms with Gasteiger partial charge in [0.2, 0.25) is 5.88 Å². The second-order valence-corrected chi connectivity index (χ2v) is 5.38. The first-order valence-corrected chi connectivity index (χ1v) is 7.61. The Bertz CT molecular complexity index is 883. The van der Waals surface area contributed by atoms with Gasteiger partial charge in [-0.05, 0) is 19.9 Å². The average molecular weight is 394 g/mol. The molecule has 0 unspecified atom stereocenters. The number of aliphatic hydroxyl groups excluding tert-OH is 1. The Hall–Kier alpha value is -2.45. The first-order chi connectivity index (χ1) is 12.5. The zero-order valence-electron chi connectivity index (χ0n) is 14.1. The molecule has 2 aromatic rings. The quantitative estimate of drug-likeness (QED) is 0.428. The van der Waals surface area contributed by atoms with E-state index in [1.165, 1.54) is 0 Å². The van der Waals surface area contributed by atoms with E-state index in [9.17, 15) is 37.5 Å². The third kappa shape index (κ3) is 4.12. The van der Waals surface area contributed by atoms with Crippen molar-refractivity contribution in [3.63, 3.8) is 0 Å². The summed E-state index contributed by atoms with van der Waals surface area (Å²) in [6.07, 6.45) is -7.21. The molecule has 2 aromatic heterocycles. The minimum absolute atomic E-state index is 0.0816. The molecule has 0 aliphatic heterocycles. The molecule has 0 spiro atoms. The first-order valence-electron chi connectivity index (χ1n) is 7.61. The third-order valence-electron chi connectivity index (χ3n) is 3.58. The van der Waals surface area contributed by atoms with Crippen molar-refractivity contribution in [2.24, 2.45) is 0 Å². The lowest BCUT2D eigenvalue weighted by Gasteiger charge is -2.19. The fraction of sp³-hybridized carbons (Fsp3) is 0.462. The second kappa shape index (κ2) is 7.66. The van der Waals surface area contributed by atoms with Crippen molar-refractivity contribution < 1.29 is 37.5 Å². The van der Waals surface area contributed by atoms with Gasteiger partial charge in [0, 0.05) is 12.0 Å². The number of halogens is 4. The number of hydrogen-bond donors (Lipinski definition) is 3. The standard InChI is InChI=1S/C13H15BF4N4O5/c1-3-21-9(5-23)20-22(12(21)24)10-8(15)4-7(14(25)26)11(19-10)27-6(2)13(16,17)18/h4,6,23,25-26H,3,5H2,1-2H3/t6-/m0/s1. The van der Waals surface area contributed by atoms with Crippen molar-refractivity contribution in [1.29, 1.82) is 0 Å². The van der Waals surface area contributed by atoms with Crippen LogP contribution in [0.4, 0.5) is 17.6 Å². The lowest BCUT2D eigenvalue weighted by Crippen LogP contribution is -2.38. The van der Waals surface area contributed by atoms with Crippen LogP contribution in [0.15, 0.2) is 10.9 Å². The van der Waals surface area contributed by atoms with Crippen LogP contribution in [0.1, 0.15) is 19.7 Å². The van der Waals surface area contributed by atoms with E-state index in [1.807, 2.05) is 0 Å². The van der Waals surface area contributed by atoms with E-state index in [0.717, 1.165) is 4.57 Å². The number of pyridine rings is 1. The number of rotatable bonds is 6. The molecule has 0 radical (unpaired) electrons. The van der Waals surface area contributed by atoms with E-state index in [4.69, 9.17) is 0 Å². The van der Waals surface area contributed by atoms with E-state index >= 15 is 0 Å². The monoisotopic (exact) mass is 394 g/mol. The largest absolute Gasteiger partial charge is 0.494 e. The Morgan fingerprint density at radius 1 is 1.37 bits per heavy atom. The number of alkyl halides is 3. The molecule has 14 heteroatoms. The summed E-state index contributed by atoms with van der Waals surface area (Å²) in [6.45, 7) is 1.62. The summed E-state index contributed by atoms with van der Waals surface area (Å²) in [5.41, 5.74) is -1.67. The molecule has 0 saturated heterocycles. The lowest BCUT2D eigenvalue weighted by atomic mass is 9.81. The highest BCUT2D eigenvalue weighted by Gasteiger charge is 2.39. The van der Waals surface area contributed by atoms with Gasteiger partial charge < -0.3 is 19.9 Å². The van der Waals surface area contributed by atoms with E-state index in [0.29, 0.717) is 17.7 Å². The highest BCUT2D eigenvalue weighted by Crippen LogP contribution is 2.24. The summed E-state index contributed by atoms with van der Waals surface area (Å²) < 4.78 is 58.6.